The van der Waals surface area contributed by atoms with Gasteiger partial charge in [0.05, 0.1) is 5.75 Å². The molecule has 7 heteroatoms. The van der Waals surface area contributed by atoms with Crippen LogP contribution in [0.25, 0.3) is 10.9 Å². The highest BCUT2D eigenvalue weighted by Gasteiger charge is 2.25. The molecule has 3 aromatic rings. The molecular formula is C18H18N2O4S. The van der Waals surface area contributed by atoms with Crippen molar-refractivity contribution in [3.63, 3.8) is 0 Å². The molecule has 1 aromatic heterocycles. The predicted molar refractivity (Wildman–Crippen MR) is 93.6 cm³/mol. The van der Waals surface area contributed by atoms with Gasteiger partial charge >= 0.3 is 5.97 Å². The van der Waals surface area contributed by atoms with E-state index >= 15 is 0 Å². The van der Waals surface area contributed by atoms with Gasteiger partial charge in [0.2, 0.25) is 9.84 Å². The maximum Gasteiger partial charge on any atom is 0.334 e. The third-order valence-electron chi connectivity index (χ3n) is 3.66. The molecule has 0 saturated heterocycles. The van der Waals surface area contributed by atoms with Crippen LogP contribution in [0.1, 0.15) is 25.3 Å². The van der Waals surface area contributed by atoms with Gasteiger partial charge in [-0.05, 0) is 24.1 Å². The first-order valence-corrected chi connectivity index (χ1v) is 9.62. The fourth-order valence-corrected chi connectivity index (χ4v) is 3.99. The fourth-order valence-electron chi connectivity index (χ4n) is 2.52. The first-order valence-electron chi connectivity index (χ1n) is 7.97. The Kier molecular flexibility index (Phi) is 4.85. The Morgan fingerprint density at radius 3 is 2.48 bits per heavy atom. The third kappa shape index (κ3) is 3.71. The van der Waals surface area contributed by atoms with Gasteiger partial charge in [-0.15, -0.1) is 5.10 Å². The average molecular weight is 358 g/mol. The molecule has 0 saturated carbocycles. The number of nitrogens with zero attached hydrogens (tertiary/aromatic N) is 2. The highest BCUT2D eigenvalue weighted by atomic mass is 32.2. The molecule has 1 heterocycles. The summed E-state index contributed by atoms with van der Waals surface area (Å²) in [4.78, 5) is 18.0. The molecular weight excluding hydrogens is 340 g/mol. The maximum absolute atomic E-state index is 12.8. The second-order valence-corrected chi connectivity index (χ2v) is 7.56. The summed E-state index contributed by atoms with van der Waals surface area (Å²) in [5, 5.41) is 4.41. The number of hydrogen-bond acceptors (Lipinski definition) is 5. The van der Waals surface area contributed by atoms with Gasteiger partial charge < -0.3 is 4.84 Å². The van der Waals surface area contributed by atoms with E-state index in [4.69, 9.17) is 4.84 Å². The first-order chi connectivity index (χ1) is 12.0. The number of carbonyl (C=O) groups is 1. The van der Waals surface area contributed by atoms with Crippen molar-refractivity contribution in [2.24, 2.45) is 0 Å². The minimum Gasteiger partial charge on any atom is -0.319 e. The van der Waals surface area contributed by atoms with Gasteiger partial charge in [0.25, 0.3) is 0 Å². The van der Waals surface area contributed by atoms with Crippen molar-refractivity contribution in [3.05, 3.63) is 60.2 Å². The van der Waals surface area contributed by atoms with E-state index in [0.717, 1.165) is 4.85 Å². The SMILES string of the molecule is CCCC(=O)On1nc(S(=O)(=O)Cc2ccccc2)c2ccccc21. The quantitative estimate of drug-likeness (QED) is 0.677. The second kappa shape index (κ2) is 7.06. The summed E-state index contributed by atoms with van der Waals surface area (Å²) in [6, 6.07) is 15.7. The summed E-state index contributed by atoms with van der Waals surface area (Å²) in [5.41, 5.74) is 1.11. The Morgan fingerprint density at radius 2 is 1.76 bits per heavy atom. The number of fused-ring (bicyclic) bond motifs is 1. The van der Waals surface area contributed by atoms with E-state index in [1.807, 2.05) is 13.0 Å². The smallest absolute Gasteiger partial charge is 0.319 e. The molecule has 0 spiro atoms. The summed E-state index contributed by atoms with van der Waals surface area (Å²) in [7, 11) is -3.69. The van der Waals surface area contributed by atoms with Gasteiger partial charge in [0.1, 0.15) is 5.52 Å². The van der Waals surface area contributed by atoms with Crippen molar-refractivity contribution >= 4 is 26.7 Å². The molecule has 0 aliphatic carbocycles. The molecule has 0 atom stereocenters. The van der Waals surface area contributed by atoms with Gasteiger partial charge in [0.15, 0.2) is 5.03 Å². The van der Waals surface area contributed by atoms with Gasteiger partial charge in [-0.1, -0.05) is 54.2 Å². The van der Waals surface area contributed by atoms with Crippen molar-refractivity contribution in [2.45, 2.75) is 30.5 Å². The molecule has 2 aromatic carbocycles. The predicted octanol–water partition coefficient (Wildman–Crippen LogP) is 2.77. The van der Waals surface area contributed by atoms with Gasteiger partial charge in [-0.25, -0.2) is 13.2 Å². The Bertz CT molecular complexity index is 994. The number of sulfone groups is 1. The molecule has 0 radical (unpaired) electrons. The highest BCUT2D eigenvalue weighted by molar-refractivity contribution is 7.90. The lowest BCUT2D eigenvalue weighted by atomic mass is 10.2. The van der Waals surface area contributed by atoms with Gasteiger partial charge in [0, 0.05) is 11.8 Å². The van der Waals surface area contributed by atoms with Crippen LogP contribution in [-0.2, 0) is 20.4 Å². The normalized spacial score (nSPS) is 11.6. The van der Waals surface area contributed by atoms with Crippen LogP contribution in [0.3, 0.4) is 0 Å². The van der Waals surface area contributed by atoms with Crippen LogP contribution in [0.5, 0.6) is 0 Å². The van der Waals surface area contributed by atoms with Crippen LogP contribution in [0, 0.1) is 0 Å². The van der Waals surface area contributed by atoms with Crippen LogP contribution in [0.2, 0.25) is 0 Å². The van der Waals surface area contributed by atoms with Crippen molar-refractivity contribution in [3.8, 4) is 0 Å². The summed E-state index contributed by atoms with van der Waals surface area (Å²) in [6.45, 7) is 1.86. The van der Waals surface area contributed by atoms with E-state index in [1.165, 1.54) is 0 Å². The number of benzene rings is 2. The molecule has 0 bridgehead atoms. The zero-order chi connectivity index (χ0) is 17.9. The van der Waals surface area contributed by atoms with Crippen LogP contribution >= 0.6 is 0 Å². The van der Waals surface area contributed by atoms with E-state index in [9.17, 15) is 13.2 Å². The number of aromatic nitrogens is 2. The maximum atomic E-state index is 12.8. The summed E-state index contributed by atoms with van der Waals surface area (Å²) in [6.07, 6.45) is 0.873. The minimum absolute atomic E-state index is 0.0868. The molecule has 130 valence electrons. The van der Waals surface area contributed by atoms with Crippen LogP contribution in [0.15, 0.2) is 59.6 Å². The van der Waals surface area contributed by atoms with Crippen LogP contribution in [0.4, 0.5) is 0 Å². The Balaban J connectivity index is 2.02. The zero-order valence-electron chi connectivity index (χ0n) is 13.8. The second-order valence-electron chi connectivity index (χ2n) is 5.65. The molecule has 0 unspecified atom stereocenters. The lowest BCUT2D eigenvalue weighted by molar-refractivity contribution is -0.145. The summed E-state index contributed by atoms with van der Waals surface area (Å²) in [5.74, 6) is -0.625. The number of rotatable bonds is 6. The van der Waals surface area contributed by atoms with E-state index in [1.54, 1.807) is 48.5 Å². The van der Waals surface area contributed by atoms with Gasteiger partial charge in [-0.2, -0.15) is 0 Å². The highest BCUT2D eigenvalue weighted by Crippen LogP contribution is 2.25. The largest absolute Gasteiger partial charge is 0.334 e. The molecule has 0 N–H and O–H groups in total. The molecule has 0 fully saturated rings. The average Bonchev–Trinajstić information content (AvgIpc) is 2.95. The lowest BCUT2D eigenvalue weighted by Gasteiger charge is -2.03. The third-order valence-corrected chi connectivity index (χ3v) is 5.26. The molecule has 0 amide bonds. The topological polar surface area (TPSA) is 78.3 Å². The minimum atomic E-state index is -3.69. The van der Waals surface area contributed by atoms with E-state index in [0.29, 0.717) is 22.9 Å². The molecule has 0 aliphatic rings. The molecule has 3 rings (SSSR count). The number of hydrogen-bond donors (Lipinski definition) is 0. The Hall–Kier alpha value is -2.67. The van der Waals surface area contributed by atoms with Crippen molar-refractivity contribution in [1.29, 1.82) is 0 Å². The molecule has 6 nitrogen and oxygen atoms in total. The van der Waals surface area contributed by atoms with Crippen molar-refractivity contribution < 1.29 is 18.0 Å². The monoisotopic (exact) mass is 358 g/mol. The summed E-state index contributed by atoms with van der Waals surface area (Å²) < 4.78 is 25.6. The fraction of sp³-hybridized carbons (Fsp3) is 0.222. The van der Waals surface area contributed by atoms with E-state index < -0.39 is 15.8 Å². The van der Waals surface area contributed by atoms with E-state index in [2.05, 4.69) is 5.10 Å². The molecule has 0 aliphatic heterocycles. The standard InChI is InChI=1S/C18H18N2O4S/c1-2-8-17(21)24-20-16-12-7-6-11-15(16)18(19-20)25(22,23)13-14-9-4-3-5-10-14/h3-7,9-12H,2,8,13H2,1H3. The summed E-state index contributed by atoms with van der Waals surface area (Å²) >= 11 is 0. The first kappa shape index (κ1) is 17.2. The van der Waals surface area contributed by atoms with Crippen LogP contribution < -0.4 is 4.84 Å². The zero-order valence-corrected chi connectivity index (χ0v) is 14.6. The lowest BCUT2D eigenvalue weighted by Crippen LogP contribution is -2.20. The number of para-hydroxylation sites is 1. The van der Waals surface area contributed by atoms with Crippen molar-refractivity contribution in [1.82, 2.24) is 9.94 Å². The molecule has 25 heavy (non-hydrogen) atoms. The van der Waals surface area contributed by atoms with E-state index in [-0.39, 0.29) is 17.2 Å². The van der Waals surface area contributed by atoms with Crippen LogP contribution in [-0.4, -0.2) is 24.3 Å². The number of carbonyl (C=O) groups excluding carboxylic acids is 1. The Morgan fingerprint density at radius 1 is 1.08 bits per heavy atom. The van der Waals surface area contributed by atoms with Gasteiger partial charge in [-0.3, -0.25) is 0 Å². The van der Waals surface area contributed by atoms with Crippen molar-refractivity contribution in [2.75, 3.05) is 0 Å². The Labute approximate surface area is 145 Å².